The van der Waals surface area contributed by atoms with Crippen LogP contribution in [0.3, 0.4) is 0 Å². The van der Waals surface area contributed by atoms with E-state index in [4.69, 9.17) is 0 Å². The minimum absolute atomic E-state index is 0.908. The molecule has 3 rings (SSSR count). The largest absolute Gasteiger partial charge is 0.341 e. The van der Waals surface area contributed by atoms with Crippen molar-refractivity contribution < 1.29 is 0 Å². The van der Waals surface area contributed by atoms with Gasteiger partial charge in [-0.3, -0.25) is 0 Å². The van der Waals surface area contributed by atoms with Crippen LogP contribution in [-0.4, -0.2) is 59.6 Å². The Balaban J connectivity index is 1.42. The van der Waals surface area contributed by atoms with E-state index in [9.17, 15) is 0 Å². The minimum Gasteiger partial charge on any atom is -0.341 e. The smallest absolute Gasteiger partial charge is 0.225 e. The average molecular weight is 321 g/mol. The summed E-state index contributed by atoms with van der Waals surface area (Å²) in [7, 11) is 0. The van der Waals surface area contributed by atoms with Gasteiger partial charge in [-0.2, -0.15) is 11.8 Å². The van der Waals surface area contributed by atoms with Crippen LogP contribution in [0, 0.1) is 11.8 Å². The van der Waals surface area contributed by atoms with Gasteiger partial charge in [0.05, 0.1) is 0 Å². The average Bonchev–Trinajstić information content (AvgIpc) is 3.05. The number of rotatable bonds is 6. The number of hydrogen-bond acceptors (Lipinski definition) is 5. The predicted octanol–water partition coefficient (Wildman–Crippen LogP) is 2.77. The summed E-state index contributed by atoms with van der Waals surface area (Å²) in [6.45, 7) is 6.20. The van der Waals surface area contributed by atoms with Crippen molar-refractivity contribution in [1.29, 1.82) is 0 Å². The van der Waals surface area contributed by atoms with Crippen molar-refractivity contribution >= 4 is 17.7 Å². The fraction of sp³-hybridized carbons (Fsp3) is 0.765. The van der Waals surface area contributed by atoms with Gasteiger partial charge < -0.3 is 9.80 Å². The summed E-state index contributed by atoms with van der Waals surface area (Å²) in [5.41, 5.74) is 0. The van der Waals surface area contributed by atoms with Crippen molar-refractivity contribution in [2.75, 3.05) is 49.6 Å². The third-order valence-electron chi connectivity index (χ3n) is 5.17. The molecule has 0 unspecified atom stereocenters. The van der Waals surface area contributed by atoms with E-state index in [1.807, 2.05) is 30.2 Å². The molecule has 122 valence electrons. The summed E-state index contributed by atoms with van der Waals surface area (Å²) in [4.78, 5) is 13.8. The van der Waals surface area contributed by atoms with Crippen LogP contribution >= 0.6 is 11.8 Å². The highest BCUT2D eigenvalue weighted by atomic mass is 32.2. The van der Waals surface area contributed by atoms with Gasteiger partial charge in [0.15, 0.2) is 0 Å². The number of piperidine rings is 1. The van der Waals surface area contributed by atoms with E-state index in [0.717, 1.165) is 30.9 Å². The lowest BCUT2D eigenvalue weighted by Crippen LogP contribution is -2.37. The van der Waals surface area contributed by atoms with Crippen molar-refractivity contribution in [3.8, 4) is 0 Å². The third-order valence-corrected chi connectivity index (χ3v) is 5.87. The molecular formula is C17H28N4S. The van der Waals surface area contributed by atoms with Crippen molar-refractivity contribution in [2.24, 2.45) is 11.8 Å². The van der Waals surface area contributed by atoms with E-state index in [2.05, 4.69) is 26.0 Å². The van der Waals surface area contributed by atoms with E-state index in [-0.39, 0.29) is 0 Å². The summed E-state index contributed by atoms with van der Waals surface area (Å²) in [6.07, 6.45) is 11.3. The first kappa shape index (κ1) is 16.1. The van der Waals surface area contributed by atoms with Crippen LogP contribution in [0.5, 0.6) is 0 Å². The number of nitrogens with zero attached hydrogens (tertiary/aromatic N) is 4. The molecule has 0 spiro atoms. The van der Waals surface area contributed by atoms with Crippen molar-refractivity contribution in [3.05, 3.63) is 18.5 Å². The lowest BCUT2D eigenvalue weighted by atomic mass is 9.84. The molecule has 0 aliphatic carbocycles. The first-order chi connectivity index (χ1) is 10.9. The minimum atomic E-state index is 0.908. The quantitative estimate of drug-likeness (QED) is 0.753. The third kappa shape index (κ3) is 4.13. The summed E-state index contributed by atoms with van der Waals surface area (Å²) in [5, 5.41) is 0. The summed E-state index contributed by atoms with van der Waals surface area (Å²) in [6, 6.07) is 1.89. The van der Waals surface area contributed by atoms with Gasteiger partial charge in [0.1, 0.15) is 0 Å². The Kier molecular flexibility index (Phi) is 5.96. The molecule has 0 bridgehead atoms. The Hall–Kier alpha value is -0.810. The summed E-state index contributed by atoms with van der Waals surface area (Å²) >= 11 is 1.97. The first-order valence-electron chi connectivity index (χ1n) is 8.60. The van der Waals surface area contributed by atoms with E-state index in [0.29, 0.717) is 0 Å². The SMILES string of the molecule is CSCCCN1CC[C@H](C2CCN(c3ncccn3)CC2)C1. The number of aromatic nitrogens is 2. The topological polar surface area (TPSA) is 32.3 Å². The summed E-state index contributed by atoms with van der Waals surface area (Å²) in [5.74, 6) is 4.04. The second kappa shape index (κ2) is 8.16. The van der Waals surface area contributed by atoms with Crippen LogP contribution in [0.4, 0.5) is 5.95 Å². The zero-order valence-electron chi connectivity index (χ0n) is 13.7. The van der Waals surface area contributed by atoms with Crippen LogP contribution in [0.2, 0.25) is 0 Å². The van der Waals surface area contributed by atoms with Gasteiger partial charge >= 0.3 is 0 Å². The van der Waals surface area contributed by atoms with Crippen molar-refractivity contribution in [1.82, 2.24) is 14.9 Å². The number of thioether (sulfide) groups is 1. The molecule has 2 aliphatic rings. The molecule has 1 atom stereocenters. The molecule has 2 fully saturated rings. The van der Waals surface area contributed by atoms with E-state index >= 15 is 0 Å². The highest BCUT2D eigenvalue weighted by molar-refractivity contribution is 7.98. The van der Waals surface area contributed by atoms with E-state index in [1.54, 1.807) is 0 Å². The molecule has 2 aliphatic heterocycles. The highest BCUT2D eigenvalue weighted by Crippen LogP contribution is 2.32. The predicted molar refractivity (Wildman–Crippen MR) is 94.5 cm³/mol. The number of hydrogen-bond donors (Lipinski definition) is 0. The Morgan fingerprint density at radius 3 is 2.55 bits per heavy atom. The van der Waals surface area contributed by atoms with Crippen LogP contribution in [-0.2, 0) is 0 Å². The molecule has 5 heteroatoms. The van der Waals surface area contributed by atoms with Crippen LogP contribution < -0.4 is 4.90 Å². The maximum atomic E-state index is 4.38. The second-order valence-corrected chi connectivity index (χ2v) is 7.55. The molecule has 4 nitrogen and oxygen atoms in total. The molecule has 0 amide bonds. The molecule has 0 radical (unpaired) electrons. The van der Waals surface area contributed by atoms with Crippen molar-refractivity contribution in [2.45, 2.75) is 25.7 Å². The second-order valence-electron chi connectivity index (χ2n) is 6.57. The fourth-order valence-corrected chi connectivity index (χ4v) is 4.33. The van der Waals surface area contributed by atoms with Gasteiger partial charge in [-0.1, -0.05) is 0 Å². The normalized spacial score (nSPS) is 24.0. The number of anilines is 1. The van der Waals surface area contributed by atoms with E-state index in [1.165, 1.54) is 51.1 Å². The van der Waals surface area contributed by atoms with Crippen LogP contribution in [0.25, 0.3) is 0 Å². The zero-order valence-corrected chi connectivity index (χ0v) is 14.5. The molecular weight excluding hydrogens is 292 g/mol. The Morgan fingerprint density at radius 2 is 1.82 bits per heavy atom. The molecule has 0 saturated carbocycles. The van der Waals surface area contributed by atoms with E-state index < -0.39 is 0 Å². The molecule has 1 aromatic heterocycles. The molecule has 1 aromatic rings. The van der Waals surface area contributed by atoms with Gasteiger partial charge in [0.2, 0.25) is 5.95 Å². The number of likely N-dealkylation sites (tertiary alicyclic amines) is 1. The Morgan fingerprint density at radius 1 is 1.09 bits per heavy atom. The molecule has 0 aromatic carbocycles. The monoisotopic (exact) mass is 320 g/mol. The van der Waals surface area contributed by atoms with Gasteiger partial charge in [-0.05, 0) is 68.7 Å². The Labute approximate surface area is 138 Å². The maximum Gasteiger partial charge on any atom is 0.225 e. The van der Waals surface area contributed by atoms with Gasteiger partial charge in [0, 0.05) is 32.0 Å². The molecule has 22 heavy (non-hydrogen) atoms. The molecule has 0 N–H and O–H groups in total. The Bertz CT molecular complexity index is 434. The van der Waals surface area contributed by atoms with Crippen LogP contribution in [0.1, 0.15) is 25.7 Å². The lowest BCUT2D eigenvalue weighted by Gasteiger charge is -2.34. The zero-order chi connectivity index (χ0) is 15.2. The van der Waals surface area contributed by atoms with Gasteiger partial charge in [-0.15, -0.1) is 0 Å². The molecule has 3 heterocycles. The fourth-order valence-electron chi connectivity index (χ4n) is 3.91. The van der Waals surface area contributed by atoms with Crippen molar-refractivity contribution in [3.63, 3.8) is 0 Å². The summed E-state index contributed by atoms with van der Waals surface area (Å²) < 4.78 is 0. The highest BCUT2D eigenvalue weighted by Gasteiger charge is 2.32. The van der Waals surface area contributed by atoms with Crippen LogP contribution in [0.15, 0.2) is 18.5 Å². The standard InChI is InChI=1S/C17H28N4S/c1-22-13-3-9-20-10-4-16(14-20)15-5-11-21(12-6-15)17-18-7-2-8-19-17/h2,7-8,15-16H,3-6,9-14H2,1H3/t16-/m0/s1. The van der Waals surface area contributed by atoms with Gasteiger partial charge in [0.25, 0.3) is 0 Å². The van der Waals surface area contributed by atoms with Gasteiger partial charge in [-0.25, -0.2) is 9.97 Å². The maximum absolute atomic E-state index is 4.38. The first-order valence-corrected chi connectivity index (χ1v) is 9.99. The molecule has 2 saturated heterocycles. The lowest BCUT2D eigenvalue weighted by molar-refractivity contribution is 0.256.